The van der Waals surface area contributed by atoms with Crippen molar-refractivity contribution in [2.24, 2.45) is 5.92 Å². The molecular weight excluding hydrogens is 456 g/mol. The molecule has 6 heteroatoms. The van der Waals surface area contributed by atoms with Crippen LogP contribution in [0.5, 0.6) is 0 Å². The van der Waals surface area contributed by atoms with Crippen molar-refractivity contribution in [1.82, 2.24) is 9.88 Å². The number of fused-ring (bicyclic) bond motifs is 3. The first-order valence-corrected chi connectivity index (χ1v) is 14.2. The van der Waals surface area contributed by atoms with Gasteiger partial charge in [0.2, 0.25) is 0 Å². The van der Waals surface area contributed by atoms with Crippen molar-refractivity contribution in [2.75, 3.05) is 5.75 Å². The molecule has 1 aromatic heterocycles. The molecule has 3 aromatic carbocycles. The quantitative estimate of drug-likeness (QED) is 0.337. The van der Waals surface area contributed by atoms with Crippen LogP contribution in [0.25, 0.3) is 21.8 Å². The molecule has 0 atom stereocenters. The zero-order chi connectivity index (χ0) is 24.6. The third-order valence-corrected chi connectivity index (χ3v) is 9.12. The highest BCUT2D eigenvalue weighted by Gasteiger charge is 2.19. The Labute approximate surface area is 207 Å². The fourth-order valence-electron chi connectivity index (χ4n) is 5.06. The highest BCUT2D eigenvalue weighted by Crippen LogP contribution is 2.34. The molecule has 0 bridgehead atoms. The van der Waals surface area contributed by atoms with Gasteiger partial charge in [0, 0.05) is 40.5 Å². The van der Waals surface area contributed by atoms with Crippen LogP contribution in [0.3, 0.4) is 0 Å². The maximum Gasteiger partial charge on any atom is 0.251 e. The number of hydrogen-bond donors (Lipinski definition) is 1. The monoisotopic (exact) mass is 488 g/mol. The number of aryl methyl sites for hydroxylation is 1. The van der Waals surface area contributed by atoms with Crippen molar-refractivity contribution in [1.29, 1.82) is 0 Å². The van der Waals surface area contributed by atoms with Crippen LogP contribution in [0.1, 0.15) is 54.6 Å². The molecule has 5 rings (SSSR count). The molecule has 1 heterocycles. The van der Waals surface area contributed by atoms with Crippen molar-refractivity contribution in [2.45, 2.75) is 57.5 Å². The van der Waals surface area contributed by atoms with Gasteiger partial charge in [-0.3, -0.25) is 4.79 Å². The molecule has 1 amide bonds. The summed E-state index contributed by atoms with van der Waals surface area (Å²) in [7, 11) is -3.23. The van der Waals surface area contributed by atoms with Gasteiger partial charge in [-0.25, -0.2) is 8.42 Å². The van der Waals surface area contributed by atoms with Gasteiger partial charge in [-0.2, -0.15) is 0 Å². The van der Waals surface area contributed by atoms with Crippen LogP contribution >= 0.6 is 0 Å². The number of carbonyl (C=O) groups is 1. The van der Waals surface area contributed by atoms with E-state index in [4.69, 9.17) is 0 Å². The Bertz CT molecular complexity index is 1500. The average molecular weight is 489 g/mol. The molecule has 182 valence electrons. The Morgan fingerprint density at radius 1 is 0.914 bits per heavy atom. The molecular formula is C29H32N2O3S. The Kier molecular flexibility index (Phi) is 6.41. The Morgan fingerprint density at radius 3 is 2.20 bits per heavy atom. The van der Waals surface area contributed by atoms with Gasteiger partial charge in [-0.1, -0.05) is 44.4 Å². The van der Waals surface area contributed by atoms with E-state index in [2.05, 4.69) is 35.0 Å². The summed E-state index contributed by atoms with van der Waals surface area (Å²) in [6.45, 7) is 5.00. The maximum atomic E-state index is 13.0. The van der Waals surface area contributed by atoms with Crippen molar-refractivity contribution in [3.05, 3.63) is 77.4 Å². The molecule has 1 saturated carbocycles. The first-order chi connectivity index (χ1) is 16.9. The summed E-state index contributed by atoms with van der Waals surface area (Å²) in [5.41, 5.74) is 5.22. The normalized spacial score (nSPS) is 14.3. The van der Waals surface area contributed by atoms with E-state index < -0.39 is 9.84 Å². The van der Waals surface area contributed by atoms with Crippen LogP contribution in [-0.4, -0.2) is 24.6 Å². The van der Waals surface area contributed by atoms with E-state index in [9.17, 15) is 13.2 Å². The third-order valence-electron chi connectivity index (χ3n) is 7.37. The van der Waals surface area contributed by atoms with Gasteiger partial charge >= 0.3 is 0 Å². The van der Waals surface area contributed by atoms with E-state index in [-0.39, 0.29) is 11.7 Å². The van der Waals surface area contributed by atoms with E-state index in [1.54, 1.807) is 31.2 Å². The molecule has 0 aliphatic heterocycles. The predicted molar refractivity (Wildman–Crippen MR) is 142 cm³/mol. The van der Waals surface area contributed by atoms with Gasteiger partial charge in [-0.15, -0.1) is 0 Å². The maximum absolute atomic E-state index is 13.0. The molecule has 1 fully saturated rings. The fourth-order valence-corrected chi connectivity index (χ4v) is 5.94. The molecule has 35 heavy (non-hydrogen) atoms. The minimum Gasteiger partial charge on any atom is -0.348 e. The number of benzene rings is 3. The molecule has 4 aromatic rings. The van der Waals surface area contributed by atoms with Crippen LogP contribution in [0.4, 0.5) is 0 Å². The summed E-state index contributed by atoms with van der Waals surface area (Å²) in [4.78, 5) is 13.3. The SMILES string of the molecule is CCn1c2ccc(CC3CCC3)cc2c2cc(C(=O)NCc3ccc(S(=O)(=O)CC)cc3)ccc21. The lowest BCUT2D eigenvalue weighted by atomic mass is 9.81. The van der Waals surface area contributed by atoms with E-state index >= 15 is 0 Å². The molecule has 0 unspecified atom stereocenters. The summed E-state index contributed by atoms with van der Waals surface area (Å²) in [5.74, 6) is 0.742. The van der Waals surface area contributed by atoms with E-state index in [1.165, 1.54) is 35.7 Å². The highest BCUT2D eigenvalue weighted by atomic mass is 32.2. The lowest BCUT2D eigenvalue weighted by Gasteiger charge is -2.25. The third kappa shape index (κ3) is 4.59. The summed E-state index contributed by atoms with van der Waals surface area (Å²) in [6, 6.07) is 19.5. The highest BCUT2D eigenvalue weighted by molar-refractivity contribution is 7.91. The molecule has 0 spiro atoms. The largest absolute Gasteiger partial charge is 0.348 e. The van der Waals surface area contributed by atoms with Gasteiger partial charge in [0.1, 0.15) is 0 Å². The van der Waals surface area contributed by atoms with Gasteiger partial charge in [0.15, 0.2) is 9.84 Å². The number of nitrogens with zero attached hydrogens (tertiary/aromatic N) is 1. The smallest absolute Gasteiger partial charge is 0.251 e. The van der Waals surface area contributed by atoms with E-state index in [1.807, 2.05) is 18.2 Å². The Morgan fingerprint density at radius 2 is 1.57 bits per heavy atom. The van der Waals surface area contributed by atoms with Gasteiger partial charge in [0.25, 0.3) is 5.91 Å². The number of hydrogen-bond acceptors (Lipinski definition) is 3. The predicted octanol–water partition coefficient (Wildman–Crippen LogP) is 5.88. The summed E-state index contributed by atoms with van der Waals surface area (Å²) >= 11 is 0. The topological polar surface area (TPSA) is 68.2 Å². The molecule has 0 saturated heterocycles. The second kappa shape index (κ2) is 9.50. The van der Waals surface area contributed by atoms with Crippen LogP contribution < -0.4 is 5.32 Å². The lowest BCUT2D eigenvalue weighted by molar-refractivity contribution is 0.0951. The number of aromatic nitrogens is 1. The average Bonchev–Trinajstić information content (AvgIpc) is 3.17. The fraction of sp³-hybridized carbons (Fsp3) is 0.345. The van der Waals surface area contributed by atoms with Crippen LogP contribution in [-0.2, 0) is 29.3 Å². The van der Waals surface area contributed by atoms with Crippen LogP contribution in [0.2, 0.25) is 0 Å². The molecule has 1 aliphatic carbocycles. The Balaban J connectivity index is 1.39. The number of amides is 1. The standard InChI is InChI=1S/C29H32N2O3S/c1-3-31-27-14-10-22(16-20-6-5-7-20)17-25(27)26-18-23(11-15-28(26)31)29(32)30-19-21-8-12-24(13-9-21)35(33,34)4-2/h8-15,17-18,20H,3-7,16,19H2,1-2H3,(H,30,32). The number of sulfone groups is 1. The molecule has 0 radical (unpaired) electrons. The molecule has 5 nitrogen and oxygen atoms in total. The first-order valence-electron chi connectivity index (χ1n) is 12.5. The minimum absolute atomic E-state index is 0.0715. The van der Waals surface area contributed by atoms with E-state index in [0.29, 0.717) is 17.0 Å². The zero-order valence-corrected chi connectivity index (χ0v) is 21.2. The van der Waals surface area contributed by atoms with Gasteiger partial charge < -0.3 is 9.88 Å². The number of rotatable bonds is 8. The summed E-state index contributed by atoms with van der Waals surface area (Å²) in [6.07, 6.45) is 5.14. The van der Waals surface area contributed by atoms with Crippen LogP contribution in [0, 0.1) is 5.92 Å². The van der Waals surface area contributed by atoms with Crippen molar-refractivity contribution >= 4 is 37.6 Å². The van der Waals surface area contributed by atoms with Crippen molar-refractivity contribution in [3.8, 4) is 0 Å². The summed E-state index contributed by atoms with van der Waals surface area (Å²) in [5, 5.41) is 5.30. The molecule has 1 aliphatic rings. The second-order valence-electron chi connectivity index (χ2n) is 9.56. The Hall–Kier alpha value is -3.12. The van der Waals surface area contributed by atoms with Crippen molar-refractivity contribution < 1.29 is 13.2 Å². The van der Waals surface area contributed by atoms with Gasteiger partial charge in [0.05, 0.1) is 10.6 Å². The minimum atomic E-state index is -3.23. The first kappa shape index (κ1) is 23.6. The number of nitrogens with one attached hydrogen (secondary N) is 1. The second-order valence-corrected chi connectivity index (χ2v) is 11.8. The lowest BCUT2D eigenvalue weighted by Crippen LogP contribution is -2.22. The molecule has 1 N–H and O–H groups in total. The zero-order valence-electron chi connectivity index (χ0n) is 20.4. The number of carbonyl (C=O) groups excluding carboxylic acids is 1. The van der Waals surface area contributed by atoms with Crippen LogP contribution in [0.15, 0.2) is 65.6 Å². The van der Waals surface area contributed by atoms with E-state index in [0.717, 1.165) is 35.3 Å². The summed E-state index contributed by atoms with van der Waals surface area (Å²) < 4.78 is 26.3. The van der Waals surface area contributed by atoms with Gasteiger partial charge in [-0.05, 0) is 72.9 Å². The van der Waals surface area contributed by atoms with Crippen molar-refractivity contribution in [3.63, 3.8) is 0 Å².